The van der Waals surface area contributed by atoms with Gasteiger partial charge in [0.05, 0.1) is 18.4 Å². The maximum Gasteiger partial charge on any atom is 0.240 e. The van der Waals surface area contributed by atoms with Gasteiger partial charge in [-0.15, -0.1) is 0 Å². The molecule has 1 saturated carbocycles. The summed E-state index contributed by atoms with van der Waals surface area (Å²) in [7, 11) is -3.40. The average Bonchev–Trinajstić information content (AvgIpc) is 2.24. The molecule has 0 aromatic carbocycles. The van der Waals surface area contributed by atoms with E-state index in [1.165, 1.54) is 0 Å². The Balaban J connectivity index is 2.62. The molecule has 0 aromatic heterocycles. The van der Waals surface area contributed by atoms with Gasteiger partial charge in [0, 0.05) is 12.6 Å². The van der Waals surface area contributed by atoms with Crippen molar-refractivity contribution in [3.05, 3.63) is 0 Å². The van der Waals surface area contributed by atoms with Gasteiger partial charge in [-0.2, -0.15) is 0 Å². The van der Waals surface area contributed by atoms with E-state index >= 15 is 0 Å². The largest absolute Gasteiger partial charge is 0.395 e. The van der Waals surface area contributed by atoms with Crippen LogP contribution >= 0.6 is 0 Å². The molecule has 0 bridgehead atoms. The Morgan fingerprint density at radius 2 is 2.11 bits per heavy atom. The Bertz CT molecular complexity index is 393. The Kier molecular flexibility index (Phi) is 6.22. The van der Waals surface area contributed by atoms with Crippen LogP contribution in [0.3, 0.4) is 0 Å². The smallest absolute Gasteiger partial charge is 0.240 e. The molecule has 1 rings (SSSR count). The third-order valence-corrected chi connectivity index (χ3v) is 5.00. The van der Waals surface area contributed by atoms with Crippen molar-refractivity contribution in [2.24, 2.45) is 0 Å². The van der Waals surface area contributed by atoms with Crippen LogP contribution in [-0.2, 0) is 14.8 Å². The van der Waals surface area contributed by atoms with E-state index in [0.29, 0.717) is 6.42 Å². The number of carbonyl (C=O) groups is 1. The van der Waals surface area contributed by atoms with Crippen molar-refractivity contribution < 1.29 is 18.3 Å². The van der Waals surface area contributed by atoms with Crippen LogP contribution in [0, 0.1) is 0 Å². The molecule has 0 aromatic rings. The molecule has 0 spiro atoms. The maximum atomic E-state index is 12.2. The number of amides is 1. The molecule has 2 N–H and O–H groups in total. The lowest BCUT2D eigenvalue weighted by molar-refractivity contribution is -0.137. The summed E-state index contributed by atoms with van der Waals surface area (Å²) < 4.78 is 25.7. The van der Waals surface area contributed by atoms with Crippen LogP contribution in [0.4, 0.5) is 0 Å². The van der Waals surface area contributed by atoms with Gasteiger partial charge in [-0.05, 0) is 32.6 Å². The van der Waals surface area contributed by atoms with Crippen LogP contribution in [0.15, 0.2) is 0 Å². The number of nitrogens with one attached hydrogen (secondary N) is 1. The summed E-state index contributed by atoms with van der Waals surface area (Å²) in [6.45, 7) is 3.50. The zero-order chi connectivity index (χ0) is 14.5. The molecule has 0 aliphatic heterocycles. The van der Waals surface area contributed by atoms with Crippen molar-refractivity contribution in [2.75, 3.05) is 18.9 Å². The Morgan fingerprint density at radius 3 is 2.53 bits per heavy atom. The summed E-state index contributed by atoms with van der Waals surface area (Å²) in [5, 5.41) is 9.02. The van der Waals surface area contributed by atoms with Gasteiger partial charge in [-0.25, -0.2) is 13.1 Å². The minimum atomic E-state index is -3.40. The van der Waals surface area contributed by atoms with E-state index in [1.54, 1.807) is 18.7 Å². The highest BCUT2D eigenvalue weighted by Crippen LogP contribution is 2.25. The highest BCUT2D eigenvalue weighted by Gasteiger charge is 2.32. The van der Waals surface area contributed by atoms with Crippen molar-refractivity contribution in [1.82, 2.24) is 9.62 Å². The fourth-order valence-electron chi connectivity index (χ4n) is 2.17. The number of aliphatic hydroxyl groups is 1. The highest BCUT2D eigenvalue weighted by atomic mass is 32.2. The van der Waals surface area contributed by atoms with Crippen molar-refractivity contribution in [1.29, 1.82) is 0 Å². The second kappa shape index (κ2) is 7.21. The van der Waals surface area contributed by atoms with Crippen LogP contribution in [-0.4, -0.2) is 55.3 Å². The van der Waals surface area contributed by atoms with Gasteiger partial charge in [0.15, 0.2) is 0 Å². The summed E-state index contributed by atoms with van der Waals surface area (Å²) in [6.07, 6.45) is 3.45. The molecule has 7 heteroatoms. The monoisotopic (exact) mass is 292 g/mol. The molecule has 0 heterocycles. The lowest BCUT2D eigenvalue weighted by Crippen LogP contribution is -2.53. The van der Waals surface area contributed by atoms with Crippen molar-refractivity contribution in [3.8, 4) is 0 Å². The van der Waals surface area contributed by atoms with E-state index in [-0.39, 0.29) is 30.9 Å². The first-order chi connectivity index (χ1) is 8.91. The molecule has 112 valence electrons. The predicted molar refractivity (Wildman–Crippen MR) is 73.1 cm³/mol. The topological polar surface area (TPSA) is 86.7 Å². The SMILES string of the molecule is CCCS(=O)(=O)NC(C)C(=O)N(CCO)C1CCC1. The predicted octanol–water partition coefficient (Wildman–Crippen LogP) is 0.0777. The van der Waals surface area contributed by atoms with E-state index < -0.39 is 16.1 Å². The molecular formula is C12H24N2O4S. The summed E-state index contributed by atoms with van der Waals surface area (Å²) in [5.74, 6) is -0.230. The lowest BCUT2D eigenvalue weighted by Gasteiger charge is -2.38. The van der Waals surface area contributed by atoms with Gasteiger partial charge in [0.2, 0.25) is 15.9 Å². The zero-order valence-corrected chi connectivity index (χ0v) is 12.4. The third kappa shape index (κ3) is 4.74. The molecule has 1 aliphatic carbocycles. The normalized spacial score (nSPS) is 17.8. The van der Waals surface area contributed by atoms with Gasteiger partial charge in [-0.1, -0.05) is 6.92 Å². The lowest BCUT2D eigenvalue weighted by atomic mass is 9.91. The molecule has 1 unspecified atom stereocenters. The van der Waals surface area contributed by atoms with E-state index in [1.807, 2.05) is 0 Å². The number of carbonyl (C=O) groups excluding carboxylic acids is 1. The van der Waals surface area contributed by atoms with Crippen LogP contribution in [0.2, 0.25) is 0 Å². The molecule has 6 nitrogen and oxygen atoms in total. The fraction of sp³-hybridized carbons (Fsp3) is 0.917. The van der Waals surface area contributed by atoms with Crippen molar-refractivity contribution in [3.63, 3.8) is 0 Å². The van der Waals surface area contributed by atoms with Crippen LogP contribution in [0.25, 0.3) is 0 Å². The van der Waals surface area contributed by atoms with Crippen molar-refractivity contribution >= 4 is 15.9 Å². The first-order valence-electron chi connectivity index (χ1n) is 6.82. The quantitative estimate of drug-likeness (QED) is 0.663. The second-order valence-corrected chi connectivity index (χ2v) is 6.87. The van der Waals surface area contributed by atoms with Gasteiger partial charge < -0.3 is 10.0 Å². The number of hydrogen-bond donors (Lipinski definition) is 2. The van der Waals surface area contributed by atoms with Crippen LogP contribution in [0.1, 0.15) is 39.5 Å². The second-order valence-electron chi connectivity index (χ2n) is 5.00. The zero-order valence-electron chi connectivity index (χ0n) is 11.6. The van der Waals surface area contributed by atoms with Gasteiger partial charge in [0.25, 0.3) is 0 Å². The molecule has 19 heavy (non-hydrogen) atoms. The number of hydrogen-bond acceptors (Lipinski definition) is 4. The van der Waals surface area contributed by atoms with Gasteiger partial charge in [-0.3, -0.25) is 4.79 Å². The Morgan fingerprint density at radius 1 is 1.47 bits per heavy atom. The number of aliphatic hydroxyl groups excluding tert-OH is 1. The molecule has 1 amide bonds. The van der Waals surface area contributed by atoms with Crippen LogP contribution in [0.5, 0.6) is 0 Å². The van der Waals surface area contributed by atoms with Gasteiger partial charge >= 0.3 is 0 Å². The highest BCUT2D eigenvalue weighted by molar-refractivity contribution is 7.89. The Hall–Kier alpha value is -0.660. The minimum absolute atomic E-state index is 0.0219. The number of sulfonamides is 1. The molecule has 1 aliphatic rings. The number of nitrogens with zero attached hydrogens (tertiary/aromatic N) is 1. The van der Waals surface area contributed by atoms with E-state index in [9.17, 15) is 13.2 Å². The van der Waals surface area contributed by atoms with Crippen molar-refractivity contribution in [2.45, 2.75) is 51.6 Å². The molecular weight excluding hydrogens is 268 g/mol. The molecule has 0 saturated heterocycles. The Labute approximate surface area is 115 Å². The summed E-state index contributed by atoms with van der Waals surface area (Å²) in [5.41, 5.74) is 0. The standard InChI is InChI=1S/C12H24N2O4S/c1-3-9-19(17,18)13-10(2)12(16)14(7-8-15)11-5-4-6-11/h10-11,13,15H,3-9H2,1-2H3. The van der Waals surface area contributed by atoms with E-state index in [2.05, 4.69) is 4.72 Å². The average molecular weight is 292 g/mol. The van der Waals surface area contributed by atoms with Crippen LogP contribution < -0.4 is 4.72 Å². The molecule has 1 atom stereocenters. The minimum Gasteiger partial charge on any atom is -0.395 e. The van der Waals surface area contributed by atoms with E-state index in [4.69, 9.17) is 5.11 Å². The third-order valence-electron chi connectivity index (χ3n) is 3.34. The molecule has 1 fully saturated rings. The fourth-order valence-corrected chi connectivity index (χ4v) is 3.47. The maximum absolute atomic E-state index is 12.2. The summed E-state index contributed by atoms with van der Waals surface area (Å²) in [4.78, 5) is 13.8. The molecule has 0 radical (unpaired) electrons. The summed E-state index contributed by atoms with van der Waals surface area (Å²) >= 11 is 0. The first kappa shape index (κ1) is 16.4. The number of rotatable bonds is 8. The van der Waals surface area contributed by atoms with Gasteiger partial charge in [0.1, 0.15) is 0 Å². The summed E-state index contributed by atoms with van der Waals surface area (Å²) in [6, 6.07) is -0.624. The van der Waals surface area contributed by atoms with E-state index in [0.717, 1.165) is 19.3 Å². The first-order valence-corrected chi connectivity index (χ1v) is 8.48.